The normalized spacial score (nSPS) is 14.7. The minimum atomic E-state index is -0.838. The van der Waals surface area contributed by atoms with Crippen molar-refractivity contribution in [3.63, 3.8) is 0 Å². The second kappa shape index (κ2) is 3.88. The lowest BCUT2D eigenvalue weighted by Gasteiger charge is -2.08. The maximum Gasteiger partial charge on any atom is 0.154 e. The summed E-state index contributed by atoms with van der Waals surface area (Å²) in [5, 5.41) is 0. The Hall–Kier alpha value is -0.160. The molecule has 0 aromatic rings. The van der Waals surface area contributed by atoms with Crippen molar-refractivity contribution in [2.24, 2.45) is 4.99 Å². The van der Waals surface area contributed by atoms with Gasteiger partial charge in [0.2, 0.25) is 0 Å². The van der Waals surface area contributed by atoms with E-state index in [1.54, 1.807) is 0 Å². The predicted octanol–water partition coefficient (Wildman–Crippen LogP) is 2.85. The number of nitrogens with zero attached hydrogens (tertiary/aromatic N) is 1. The molecule has 0 atom stereocenters. The molecule has 0 radical (unpaired) electrons. The molecule has 0 bridgehead atoms. The zero-order valence-corrected chi connectivity index (χ0v) is 8.44. The van der Waals surface area contributed by atoms with E-state index < -0.39 is 7.26 Å². The Morgan fingerprint density at radius 1 is 1.30 bits per heavy atom. The van der Waals surface area contributed by atoms with Crippen LogP contribution in [-0.2, 0) is 0 Å². The van der Waals surface area contributed by atoms with Gasteiger partial charge < -0.3 is 0 Å². The lowest BCUT2D eigenvalue weighted by molar-refractivity contribution is 1.52. The highest BCUT2D eigenvalue weighted by atomic mass is 31.2. The zero-order valence-electron chi connectivity index (χ0n) is 7.55. The first kappa shape index (κ1) is 9.84. The second-order valence-corrected chi connectivity index (χ2v) is 7.84. The van der Waals surface area contributed by atoms with Gasteiger partial charge in [-0.05, 0) is 6.92 Å². The first-order valence-corrected chi connectivity index (χ1v) is 6.59. The van der Waals surface area contributed by atoms with E-state index in [1.807, 2.05) is 19.2 Å². The standard InChI is InChI=1S/C8H17NP/c1-6-7-9-8(2)10(3,4)5/h6-7H,1-5H3/q+1/b7-6-,9-8?. The summed E-state index contributed by atoms with van der Waals surface area (Å²) in [4.78, 5) is 4.30. The van der Waals surface area contributed by atoms with E-state index in [0.29, 0.717) is 0 Å². The summed E-state index contributed by atoms with van der Waals surface area (Å²) in [6, 6.07) is 0. The number of hydrogen-bond donors (Lipinski definition) is 0. The van der Waals surface area contributed by atoms with Crippen LogP contribution in [0.1, 0.15) is 13.8 Å². The molecule has 0 fully saturated rings. The van der Waals surface area contributed by atoms with E-state index in [-0.39, 0.29) is 0 Å². The lowest BCUT2D eigenvalue weighted by Crippen LogP contribution is -1.96. The first-order chi connectivity index (χ1) is 4.48. The van der Waals surface area contributed by atoms with Crippen LogP contribution in [-0.4, -0.2) is 25.4 Å². The second-order valence-electron chi connectivity index (χ2n) is 3.17. The van der Waals surface area contributed by atoms with Gasteiger partial charge in [0.1, 0.15) is 0 Å². The van der Waals surface area contributed by atoms with Crippen LogP contribution in [0.4, 0.5) is 0 Å². The lowest BCUT2D eigenvalue weighted by atomic mass is 10.7. The van der Waals surface area contributed by atoms with Crippen molar-refractivity contribution in [3.8, 4) is 0 Å². The molecule has 0 spiro atoms. The number of hydrogen-bond acceptors (Lipinski definition) is 1. The summed E-state index contributed by atoms with van der Waals surface area (Å²) in [6.07, 6.45) is 3.82. The molecule has 0 rings (SSSR count). The Morgan fingerprint density at radius 3 is 2.10 bits per heavy atom. The molecule has 0 heterocycles. The quantitative estimate of drug-likeness (QED) is 0.433. The Labute approximate surface area is 64.6 Å². The molecule has 0 aliphatic carbocycles. The van der Waals surface area contributed by atoms with Crippen LogP contribution in [0.3, 0.4) is 0 Å². The Morgan fingerprint density at radius 2 is 1.80 bits per heavy atom. The van der Waals surface area contributed by atoms with Gasteiger partial charge in [-0.15, -0.1) is 0 Å². The van der Waals surface area contributed by atoms with Crippen LogP contribution in [0.15, 0.2) is 17.3 Å². The topological polar surface area (TPSA) is 12.4 Å². The summed E-state index contributed by atoms with van der Waals surface area (Å²) in [7, 11) is -0.838. The molecule has 0 amide bonds. The smallest absolute Gasteiger partial charge is 0.154 e. The summed E-state index contributed by atoms with van der Waals surface area (Å²) in [6.45, 7) is 10.9. The molecule has 0 aromatic heterocycles. The van der Waals surface area contributed by atoms with E-state index in [9.17, 15) is 0 Å². The van der Waals surface area contributed by atoms with Crippen molar-refractivity contribution < 1.29 is 0 Å². The van der Waals surface area contributed by atoms with Crippen LogP contribution in [0.25, 0.3) is 0 Å². The molecule has 0 saturated carbocycles. The van der Waals surface area contributed by atoms with E-state index >= 15 is 0 Å². The van der Waals surface area contributed by atoms with Gasteiger partial charge in [-0.1, -0.05) is 6.08 Å². The molecule has 0 aromatic carbocycles. The maximum atomic E-state index is 4.30. The molecule has 0 aliphatic heterocycles. The van der Waals surface area contributed by atoms with Gasteiger partial charge in [0, 0.05) is 13.1 Å². The van der Waals surface area contributed by atoms with E-state index in [4.69, 9.17) is 0 Å². The van der Waals surface area contributed by atoms with Crippen molar-refractivity contribution >= 4 is 12.7 Å². The molecule has 58 valence electrons. The highest BCUT2D eigenvalue weighted by Gasteiger charge is 2.21. The third-order valence-electron chi connectivity index (χ3n) is 1.38. The van der Waals surface area contributed by atoms with Crippen molar-refractivity contribution in [2.45, 2.75) is 13.8 Å². The van der Waals surface area contributed by atoms with Crippen LogP contribution in [0.5, 0.6) is 0 Å². The highest BCUT2D eigenvalue weighted by Crippen LogP contribution is 2.47. The third kappa shape index (κ3) is 3.79. The van der Waals surface area contributed by atoms with Crippen LogP contribution in [0, 0.1) is 0 Å². The molecule has 2 heteroatoms. The molecule has 0 saturated heterocycles. The van der Waals surface area contributed by atoms with Crippen molar-refractivity contribution in [1.29, 1.82) is 0 Å². The fraction of sp³-hybridized carbons (Fsp3) is 0.625. The van der Waals surface area contributed by atoms with Gasteiger partial charge in [0.05, 0.1) is 27.3 Å². The van der Waals surface area contributed by atoms with Gasteiger partial charge in [-0.25, -0.2) is 4.99 Å². The van der Waals surface area contributed by atoms with Crippen LogP contribution in [0.2, 0.25) is 0 Å². The van der Waals surface area contributed by atoms with Crippen LogP contribution >= 0.6 is 7.26 Å². The SMILES string of the molecule is C/C=C\N=C(C)[P+](C)(C)C. The number of rotatable bonds is 2. The number of allylic oxidation sites excluding steroid dienone is 1. The number of aliphatic imine (C=N–C) groups is 1. The van der Waals surface area contributed by atoms with Crippen molar-refractivity contribution in [3.05, 3.63) is 12.3 Å². The predicted molar refractivity (Wildman–Crippen MR) is 52.6 cm³/mol. The van der Waals surface area contributed by atoms with E-state index in [1.165, 1.54) is 5.45 Å². The van der Waals surface area contributed by atoms with E-state index in [0.717, 1.165) is 0 Å². The van der Waals surface area contributed by atoms with Crippen molar-refractivity contribution in [1.82, 2.24) is 0 Å². The highest BCUT2D eigenvalue weighted by molar-refractivity contribution is 7.89. The van der Waals surface area contributed by atoms with E-state index in [2.05, 4.69) is 31.9 Å². The Balaban J connectivity index is 4.20. The molecular formula is C8H17NP+. The summed E-state index contributed by atoms with van der Waals surface area (Å²) in [5.41, 5.74) is 1.28. The monoisotopic (exact) mass is 158 g/mol. The minimum absolute atomic E-state index is 0.838. The minimum Gasteiger partial charge on any atom is -0.227 e. The van der Waals surface area contributed by atoms with Gasteiger partial charge in [-0.2, -0.15) is 0 Å². The average molecular weight is 158 g/mol. The molecule has 0 aliphatic rings. The maximum absolute atomic E-state index is 4.30. The average Bonchev–Trinajstić information content (AvgIpc) is 1.80. The molecule has 10 heavy (non-hydrogen) atoms. The third-order valence-corrected chi connectivity index (χ3v) is 3.44. The van der Waals surface area contributed by atoms with Gasteiger partial charge >= 0.3 is 0 Å². The van der Waals surface area contributed by atoms with Gasteiger partial charge in [0.25, 0.3) is 0 Å². The largest absolute Gasteiger partial charge is 0.227 e. The molecule has 1 nitrogen and oxygen atoms in total. The zero-order chi connectivity index (χ0) is 8.20. The van der Waals surface area contributed by atoms with Crippen LogP contribution < -0.4 is 0 Å². The van der Waals surface area contributed by atoms with Crippen molar-refractivity contribution in [2.75, 3.05) is 20.0 Å². The van der Waals surface area contributed by atoms with Gasteiger partial charge in [0.15, 0.2) is 5.45 Å². The Bertz CT molecular complexity index is 151. The first-order valence-electron chi connectivity index (χ1n) is 3.46. The summed E-state index contributed by atoms with van der Waals surface area (Å²) < 4.78 is 0. The fourth-order valence-corrected chi connectivity index (χ4v) is 0.769. The fourth-order valence-electron chi connectivity index (χ4n) is 0.356. The molecule has 0 unspecified atom stereocenters. The summed E-state index contributed by atoms with van der Waals surface area (Å²) >= 11 is 0. The molecule has 0 N–H and O–H groups in total. The van der Waals surface area contributed by atoms with Gasteiger partial charge in [-0.3, -0.25) is 0 Å². The Kier molecular flexibility index (Phi) is 3.81. The summed E-state index contributed by atoms with van der Waals surface area (Å²) in [5.74, 6) is 0. The molecular weight excluding hydrogens is 141 g/mol.